The van der Waals surface area contributed by atoms with Gasteiger partial charge in [-0.15, -0.1) is 0 Å². The number of carbonyl (C=O) groups excluding carboxylic acids is 1. The Labute approximate surface area is 135 Å². The van der Waals surface area contributed by atoms with Gasteiger partial charge in [0.25, 0.3) is 5.91 Å². The second-order valence-electron chi connectivity index (χ2n) is 5.67. The number of hydrogen-bond acceptors (Lipinski definition) is 3. The lowest BCUT2D eigenvalue weighted by molar-refractivity contribution is 0.0890. The fraction of sp³-hybridized carbons (Fsp3) is 0.467. The van der Waals surface area contributed by atoms with Gasteiger partial charge in [0.1, 0.15) is 0 Å². The maximum absolute atomic E-state index is 12.5. The molecule has 1 aliphatic rings. The number of aryl methyl sites for hydroxylation is 1. The van der Waals surface area contributed by atoms with Crippen LogP contribution in [0.3, 0.4) is 0 Å². The molecule has 0 unspecified atom stereocenters. The van der Waals surface area contributed by atoms with Crippen LogP contribution in [0.5, 0.6) is 0 Å². The summed E-state index contributed by atoms with van der Waals surface area (Å²) in [6, 6.07) is 5.22. The molecule has 1 amide bonds. The van der Waals surface area contributed by atoms with Gasteiger partial charge in [-0.25, -0.2) is 0 Å². The van der Waals surface area contributed by atoms with Crippen molar-refractivity contribution in [3.05, 3.63) is 34.3 Å². The van der Waals surface area contributed by atoms with Gasteiger partial charge in [-0.05, 0) is 50.6 Å². The Morgan fingerprint density at radius 1 is 1.43 bits per heavy atom. The van der Waals surface area contributed by atoms with Crippen LogP contribution in [0.1, 0.15) is 28.8 Å². The largest absolute Gasteiger partial charge is 0.391 e. The van der Waals surface area contributed by atoms with Gasteiger partial charge in [0.15, 0.2) is 0 Å². The van der Waals surface area contributed by atoms with Crippen molar-refractivity contribution < 1.29 is 4.79 Å². The van der Waals surface area contributed by atoms with Gasteiger partial charge in [-0.1, -0.05) is 23.8 Å². The third-order valence-electron chi connectivity index (χ3n) is 4.09. The average Bonchev–Trinajstić information content (AvgIpc) is 2.44. The summed E-state index contributed by atoms with van der Waals surface area (Å²) in [5.74, 6) is -0.160. The molecule has 0 aromatic heterocycles. The first-order valence-corrected chi connectivity index (χ1v) is 7.70. The van der Waals surface area contributed by atoms with E-state index in [0.29, 0.717) is 15.6 Å². The van der Waals surface area contributed by atoms with Gasteiger partial charge in [-0.2, -0.15) is 0 Å². The van der Waals surface area contributed by atoms with Crippen molar-refractivity contribution in [1.29, 1.82) is 0 Å². The zero-order chi connectivity index (χ0) is 15.6. The summed E-state index contributed by atoms with van der Waals surface area (Å²) in [5, 5.41) is 3.69. The quantitative estimate of drug-likeness (QED) is 0.836. The highest BCUT2D eigenvalue weighted by Crippen LogP contribution is 2.23. The second kappa shape index (κ2) is 6.30. The van der Waals surface area contributed by atoms with Crippen molar-refractivity contribution in [3.63, 3.8) is 0 Å². The van der Waals surface area contributed by atoms with E-state index in [2.05, 4.69) is 10.2 Å². The maximum Gasteiger partial charge on any atom is 0.252 e. The van der Waals surface area contributed by atoms with Crippen LogP contribution in [-0.2, 0) is 0 Å². The van der Waals surface area contributed by atoms with E-state index in [9.17, 15) is 4.79 Å². The van der Waals surface area contributed by atoms with Crippen molar-refractivity contribution in [2.75, 3.05) is 20.1 Å². The molecule has 0 aliphatic carbocycles. The van der Waals surface area contributed by atoms with Crippen molar-refractivity contribution in [2.45, 2.75) is 25.3 Å². The van der Waals surface area contributed by atoms with E-state index >= 15 is 0 Å². The summed E-state index contributed by atoms with van der Waals surface area (Å²) >= 11 is 11.2. The van der Waals surface area contributed by atoms with E-state index in [4.69, 9.17) is 29.6 Å². The minimum atomic E-state index is -0.591. The van der Waals surface area contributed by atoms with Gasteiger partial charge >= 0.3 is 0 Å². The molecule has 0 atom stereocenters. The smallest absolute Gasteiger partial charge is 0.252 e. The Morgan fingerprint density at radius 3 is 2.57 bits per heavy atom. The predicted octanol–water partition coefficient (Wildman–Crippen LogP) is 2.13. The lowest BCUT2D eigenvalue weighted by Crippen LogP contribution is -2.61. The number of rotatable bonds is 3. The summed E-state index contributed by atoms with van der Waals surface area (Å²) in [5.41, 5.74) is 6.76. The van der Waals surface area contributed by atoms with E-state index in [-0.39, 0.29) is 5.91 Å². The summed E-state index contributed by atoms with van der Waals surface area (Å²) in [6.45, 7) is 3.59. The summed E-state index contributed by atoms with van der Waals surface area (Å²) < 4.78 is 0. The number of thiocarbonyl (C=S) groups is 1. The van der Waals surface area contributed by atoms with Gasteiger partial charge in [0.2, 0.25) is 0 Å². The number of carbonyl (C=O) groups is 1. The summed E-state index contributed by atoms with van der Waals surface area (Å²) in [7, 11) is 2.05. The Balaban J connectivity index is 2.19. The molecule has 1 fully saturated rings. The molecule has 1 aliphatic heterocycles. The zero-order valence-corrected chi connectivity index (χ0v) is 13.9. The van der Waals surface area contributed by atoms with Crippen LogP contribution in [0.2, 0.25) is 5.02 Å². The Kier molecular flexibility index (Phi) is 4.86. The van der Waals surface area contributed by atoms with E-state index in [1.54, 1.807) is 18.2 Å². The van der Waals surface area contributed by atoms with Gasteiger partial charge < -0.3 is 16.0 Å². The highest BCUT2D eigenvalue weighted by molar-refractivity contribution is 7.80. The minimum absolute atomic E-state index is 0.160. The fourth-order valence-electron chi connectivity index (χ4n) is 2.51. The molecule has 1 aromatic rings. The molecule has 21 heavy (non-hydrogen) atoms. The van der Waals surface area contributed by atoms with Crippen LogP contribution in [0, 0.1) is 6.92 Å². The van der Waals surface area contributed by atoms with Crippen LogP contribution >= 0.6 is 23.8 Å². The van der Waals surface area contributed by atoms with Crippen molar-refractivity contribution in [1.82, 2.24) is 10.2 Å². The molecule has 1 saturated heterocycles. The van der Waals surface area contributed by atoms with E-state index < -0.39 is 5.54 Å². The molecule has 4 nitrogen and oxygen atoms in total. The standard InChI is InChI=1S/C15H20ClN3OS/c1-10-9-11(3-4-12(10)16)13(20)18-15(14(17)21)5-7-19(2)8-6-15/h3-4,9H,5-8H2,1-2H3,(H2,17,21)(H,18,20). The molecule has 1 aromatic carbocycles. The van der Waals surface area contributed by atoms with Crippen LogP contribution in [0.4, 0.5) is 0 Å². The molecule has 6 heteroatoms. The van der Waals surface area contributed by atoms with Gasteiger partial charge in [0.05, 0.1) is 10.5 Å². The third-order valence-corrected chi connectivity index (χ3v) is 4.90. The first kappa shape index (κ1) is 16.2. The number of amides is 1. The van der Waals surface area contributed by atoms with Crippen LogP contribution in [0.25, 0.3) is 0 Å². The normalized spacial score (nSPS) is 18.2. The highest BCUT2D eigenvalue weighted by Gasteiger charge is 2.38. The molecule has 114 valence electrons. The molecule has 0 bridgehead atoms. The number of hydrogen-bond donors (Lipinski definition) is 2. The topological polar surface area (TPSA) is 58.4 Å². The number of benzene rings is 1. The second-order valence-corrected chi connectivity index (χ2v) is 6.51. The predicted molar refractivity (Wildman–Crippen MR) is 89.9 cm³/mol. The number of piperidine rings is 1. The van der Waals surface area contributed by atoms with Gasteiger partial charge in [-0.3, -0.25) is 4.79 Å². The lowest BCUT2D eigenvalue weighted by atomic mass is 9.87. The molecule has 3 N–H and O–H groups in total. The summed E-state index contributed by atoms with van der Waals surface area (Å²) in [4.78, 5) is 15.0. The zero-order valence-electron chi connectivity index (χ0n) is 12.3. The molecule has 0 spiro atoms. The monoisotopic (exact) mass is 325 g/mol. The molecule has 0 radical (unpaired) electrons. The van der Waals surface area contributed by atoms with Crippen LogP contribution < -0.4 is 11.1 Å². The Morgan fingerprint density at radius 2 is 2.05 bits per heavy atom. The third kappa shape index (κ3) is 3.54. The Hall–Kier alpha value is -1.17. The molecule has 0 saturated carbocycles. The Bertz CT molecular complexity index is 568. The number of nitrogens with zero attached hydrogens (tertiary/aromatic N) is 1. The number of halogens is 1. The molecular weight excluding hydrogens is 306 g/mol. The van der Waals surface area contributed by atoms with Crippen molar-refractivity contribution in [2.24, 2.45) is 5.73 Å². The number of nitrogens with one attached hydrogen (secondary N) is 1. The van der Waals surface area contributed by atoms with Crippen LogP contribution in [0.15, 0.2) is 18.2 Å². The first-order valence-electron chi connectivity index (χ1n) is 6.91. The summed E-state index contributed by atoms with van der Waals surface area (Å²) in [6.07, 6.45) is 1.47. The molecular formula is C15H20ClN3OS. The number of likely N-dealkylation sites (tertiary alicyclic amines) is 1. The lowest BCUT2D eigenvalue weighted by Gasteiger charge is -2.40. The van der Waals surface area contributed by atoms with Gasteiger partial charge in [0, 0.05) is 23.7 Å². The van der Waals surface area contributed by atoms with Crippen molar-refractivity contribution in [3.8, 4) is 0 Å². The average molecular weight is 326 g/mol. The first-order chi connectivity index (χ1) is 9.84. The maximum atomic E-state index is 12.5. The SMILES string of the molecule is Cc1cc(C(=O)NC2(C(N)=S)CCN(C)CC2)ccc1Cl. The highest BCUT2D eigenvalue weighted by atomic mass is 35.5. The minimum Gasteiger partial charge on any atom is -0.391 e. The molecule has 1 heterocycles. The number of nitrogens with two attached hydrogens (primary N) is 1. The van der Waals surface area contributed by atoms with E-state index in [1.807, 2.05) is 14.0 Å². The van der Waals surface area contributed by atoms with Crippen LogP contribution in [-0.4, -0.2) is 41.5 Å². The van der Waals surface area contributed by atoms with E-state index in [1.165, 1.54) is 0 Å². The fourth-order valence-corrected chi connectivity index (χ4v) is 2.88. The molecule has 2 rings (SSSR count). The van der Waals surface area contributed by atoms with Crippen molar-refractivity contribution >= 4 is 34.7 Å². The van der Waals surface area contributed by atoms with E-state index in [0.717, 1.165) is 31.5 Å².